The number of halogens is 2. The standard InChI is InChI=1S/C28H33ClFN7O2/c1-17(2)20-16-34-25(19-14-18(29)7-8-22(19)30)36-26(20)35-23-9-11-32-15-21(23)27(38)33-10-5-13-37-12-4-6-24(37)28(39)31-3/h7-9,11,14-17,24H,4-6,10,12-13H2,1-3H3,(H,31,39)(H,33,38)(H,32,34,35,36). The summed E-state index contributed by atoms with van der Waals surface area (Å²) in [6.07, 6.45) is 7.28. The molecule has 3 aromatic rings. The highest BCUT2D eigenvalue weighted by Gasteiger charge is 2.29. The molecule has 3 heterocycles. The minimum Gasteiger partial charge on any atom is -0.358 e. The van der Waals surface area contributed by atoms with Crippen molar-refractivity contribution >= 4 is 34.9 Å². The molecule has 4 rings (SSSR count). The van der Waals surface area contributed by atoms with E-state index in [1.165, 1.54) is 24.4 Å². The Morgan fingerprint density at radius 1 is 1.23 bits per heavy atom. The maximum absolute atomic E-state index is 14.5. The van der Waals surface area contributed by atoms with Crippen molar-refractivity contribution in [3.63, 3.8) is 0 Å². The molecule has 2 aromatic heterocycles. The van der Waals surface area contributed by atoms with Crippen LogP contribution < -0.4 is 16.0 Å². The van der Waals surface area contributed by atoms with Gasteiger partial charge in [0.2, 0.25) is 5.91 Å². The smallest absolute Gasteiger partial charge is 0.254 e. The van der Waals surface area contributed by atoms with E-state index in [9.17, 15) is 14.0 Å². The lowest BCUT2D eigenvalue weighted by Crippen LogP contribution is -2.42. The molecule has 2 amide bonds. The number of rotatable bonds is 10. The highest BCUT2D eigenvalue weighted by molar-refractivity contribution is 6.30. The Bertz CT molecular complexity index is 1340. The zero-order chi connectivity index (χ0) is 27.9. The van der Waals surface area contributed by atoms with Crippen LogP contribution in [0.25, 0.3) is 11.4 Å². The fourth-order valence-electron chi connectivity index (χ4n) is 4.66. The molecule has 0 spiro atoms. The van der Waals surface area contributed by atoms with Crippen LogP contribution in [0, 0.1) is 5.82 Å². The van der Waals surface area contributed by atoms with Gasteiger partial charge in [0, 0.05) is 49.3 Å². The van der Waals surface area contributed by atoms with Crippen molar-refractivity contribution in [2.24, 2.45) is 0 Å². The molecular weight excluding hydrogens is 521 g/mol. The quantitative estimate of drug-likeness (QED) is 0.316. The molecule has 1 aliphatic heterocycles. The summed E-state index contributed by atoms with van der Waals surface area (Å²) < 4.78 is 14.5. The van der Waals surface area contributed by atoms with E-state index >= 15 is 0 Å². The number of hydrogen-bond acceptors (Lipinski definition) is 7. The third-order valence-corrected chi connectivity index (χ3v) is 6.98. The fraction of sp³-hybridized carbons (Fsp3) is 0.393. The number of pyridine rings is 1. The van der Waals surface area contributed by atoms with E-state index in [2.05, 4.69) is 35.8 Å². The lowest BCUT2D eigenvalue weighted by atomic mass is 10.1. The van der Waals surface area contributed by atoms with E-state index in [0.29, 0.717) is 35.1 Å². The van der Waals surface area contributed by atoms with E-state index in [1.807, 2.05) is 13.8 Å². The number of hydrogen-bond donors (Lipinski definition) is 3. The second-order valence-electron chi connectivity index (χ2n) is 9.74. The van der Waals surface area contributed by atoms with Gasteiger partial charge in [0.15, 0.2) is 5.82 Å². The Labute approximate surface area is 232 Å². The topological polar surface area (TPSA) is 112 Å². The fourth-order valence-corrected chi connectivity index (χ4v) is 4.83. The third-order valence-electron chi connectivity index (χ3n) is 6.75. The first-order chi connectivity index (χ1) is 18.8. The van der Waals surface area contributed by atoms with Crippen LogP contribution in [0.1, 0.15) is 54.9 Å². The molecule has 1 aliphatic rings. The zero-order valence-electron chi connectivity index (χ0n) is 22.3. The van der Waals surface area contributed by atoms with Crippen LogP contribution in [0.3, 0.4) is 0 Å². The largest absolute Gasteiger partial charge is 0.358 e. The Hall–Kier alpha value is -3.63. The van der Waals surface area contributed by atoms with Crippen molar-refractivity contribution in [3.8, 4) is 11.4 Å². The van der Waals surface area contributed by atoms with Crippen LogP contribution in [0.2, 0.25) is 5.02 Å². The molecule has 0 saturated carbocycles. The van der Waals surface area contributed by atoms with Crippen molar-refractivity contribution in [1.29, 1.82) is 0 Å². The second kappa shape index (κ2) is 12.9. The number of benzene rings is 1. The van der Waals surface area contributed by atoms with Gasteiger partial charge in [-0.1, -0.05) is 25.4 Å². The summed E-state index contributed by atoms with van der Waals surface area (Å²) in [5.74, 6) is -0.0235. The zero-order valence-corrected chi connectivity index (χ0v) is 23.1. The summed E-state index contributed by atoms with van der Waals surface area (Å²) in [6.45, 7) is 6.05. The molecular formula is C28H33ClFN7O2. The maximum Gasteiger partial charge on any atom is 0.254 e. The minimum absolute atomic E-state index is 0.0364. The molecule has 39 heavy (non-hydrogen) atoms. The third kappa shape index (κ3) is 6.88. The predicted octanol–water partition coefficient (Wildman–Crippen LogP) is 4.53. The van der Waals surface area contributed by atoms with Gasteiger partial charge < -0.3 is 16.0 Å². The van der Waals surface area contributed by atoms with E-state index in [4.69, 9.17) is 11.6 Å². The SMILES string of the molecule is CNC(=O)C1CCCN1CCCNC(=O)c1cnccc1Nc1nc(-c2cc(Cl)ccc2F)ncc1C(C)C. The number of anilines is 2. The summed E-state index contributed by atoms with van der Waals surface area (Å²) in [4.78, 5) is 40.4. The lowest BCUT2D eigenvalue weighted by molar-refractivity contribution is -0.124. The average Bonchev–Trinajstić information content (AvgIpc) is 3.40. The molecule has 11 heteroatoms. The molecule has 1 atom stereocenters. The van der Waals surface area contributed by atoms with E-state index in [1.54, 1.807) is 25.5 Å². The van der Waals surface area contributed by atoms with E-state index in [-0.39, 0.29) is 35.2 Å². The first-order valence-electron chi connectivity index (χ1n) is 13.1. The average molecular weight is 554 g/mol. The number of nitrogens with zero attached hydrogens (tertiary/aromatic N) is 4. The van der Waals surface area contributed by atoms with Crippen LogP contribution in [-0.2, 0) is 4.79 Å². The molecule has 1 aromatic carbocycles. The van der Waals surface area contributed by atoms with Crippen LogP contribution in [0.5, 0.6) is 0 Å². The number of likely N-dealkylation sites (tertiary alicyclic amines) is 1. The van der Waals surface area contributed by atoms with Gasteiger partial charge in [-0.15, -0.1) is 0 Å². The summed E-state index contributed by atoms with van der Waals surface area (Å²) >= 11 is 6.08. The number of likely N-dealkylation sites (N-methyl/N-ethyl adjacent to an activating group) is 1. The summed E-state index contributed by atoms with van der Waals surface area (Å²) in [6, 6.07) is 5.81. The van der Waals surface area contributed by atoms with Crippen LogP contribution >= 0.6 is 11.6 Å². The van der Waals surface area contributed by atoms with E-state index < -0.39 is 5.82 Å². The minimum atomic E-state index is -0.484. The normalized spacial score (nSPS) is 15.4. The van der Waals surface area contributed by atoms with E-state index in [0.717, 1.165) is 31.5 Å². The van der Waals surface area contributed by atoms with Gasteiger partial charge >= 0.3 is 0 Å². The van der Waals surface area contributed by atoms with Gasteiger partial charge in [0.1, 0.15) is 11.6 Å². The van der Waals surface area contributed by atoms with Crippen LogP contribution in [0.15, 0.2) is 42.9 Å². The number of amides is 2. The van der Waals surface area contributed by atoms with Gasteiger partial charge in [0.25, 0.3) is 5.91 Å². The van der Waals surface area contributed by atoms with Gasteiger partial charge in [-0.2, -0.15) is 0 Å². The van der Waals surface area contributed by atoms with Crippen molar-refractivity contribution < 1.29 is 14.0 Å². The highest BCUT2D eigenvalue weighted by atomic mass is 35.5. The van der Waals surface area contributed by atoms with Crippen molar-refractivity contribution in [2.45, 2.75) is 45.1 Å². The molecule has 1 unspecified atom stereocenters. The summed E-state index contributed by atoms with van der Waals surface area (Å²) in [5.41, 5.74) is 1.86. The maximum atomic E-state index is 14.5. The molecule has 9 nitrogen and oxygen atoms in total. The second-order valence-corrected chi connectivity index (χ2v) is 10.2. The molecule has 1 fully saturated rings. The van der Waals surface area contributed by atoms with Crippen molar-refractivity contribution in [1.82, 2.24) is 30.5 Å². The Morgan fingerprint density at radius 2 is 2.05 bits per heavy atom. The Balaban J connectivity index is 1.48. The highest BCUT2D eigenvalue weighted by Crippen LogP contribution is 2.30. The summed E-state index contributed by atoms with van der Waals surface area (Å²) in [7, 11) is 1.65. The van der Waals surface area contributed by atoms with Crippen molar-refractivity contribution in [3.05, 3.63) is 64.8 Å². The molecule has 1 saturated heterocycles. The predicted molar refractivity (Wildman–Crippen MR) is 150 cm³/mol. The van der Waals surface area contributed by atoms with Gasteiger partial charge in [-0.3, -0.25) is 19.5 Å². The molecule has 206 valence electrons. The summed E-state index contributed by atoms with van der Waals surface area (Å²) in [5, 5.41) is 9.30. The van der Waals surface area contributed by atoms with Crippen molar-refractivity contribution in [2.75, 3.05) is 32.0 Å². The first-order valence-corrected chi connectivity index (χ1v) is 13.4. The molecule has 0 aliphatic carbocycles. The van der Waals surface area contributed by atoms with Gasteiger partial charge in [0.05, 0.1) is 22.9 Å². The lowest BCUT2D eigenvalue weighted by Gasteiger charge is -2.23. The molecule has 0 radical (unpaired) electrons. The van der Waals surface area contributed by atoms with Gasteiger partial charge in [-0.25, -0.2) is 14.4 Å². The van der Waals surface area contributed by atoms with Crippen LogP contribution in [-0.4, -0.2) is 64.4 Å². The number of carbonyl (C=O) groups is 2. The van der Waals surface area contributed by atoms with Crippen LogP contribution in [0.4, 0.5) is 15.9 Å². The number of carbonyl (C=O) groups excluding carboxylic acids is 2. The first kappa shape index (κ1) is 28.4. The number of aromatic nitrogens is 3. The van der Waals surface area contributed by atoms with Gasteiger partial charge in [-0.05, 0) is 56.0 Å². The monoisotopic (exact) mass is 553 g/mol. The Kier molecular flexibility index (Phi) is 9.42. The Morgan fingerprint density at radius 3 is 2.82 bits per heavy atom. The molecule has 3 N–H and O–H groups in total. The number of nitrogens with one attached hydrogen (secondary N) is 3. The molecule has 0 bridgehead atoms.